The standard InChI is InChI=1S/C26H40O3/c1-4-21-23-14-10-18(24(23)22(5-2)28-21)19(11-14)25(27)29-26(6-3)13-15-12-20(26)17-9-7-8-16(15)17/h14-24H,4-13H2,1-3H3. The summed E-state index contributed by atoms with van der Waals surface area (Å²) in [7, 11) is 0. The molecule has 6 aliphatic rings. The fourth-order valence-electron chi connectivity index (χ4n) is 10.0. The molecule has 0 aromatic heterocycles. The number of rotatable bonds is 5. The highest BCUT2D eigenvalue weighted by Crippen LogP contribution is 2.66. The largest absolute Gasteiger partial charge is 0.459 e. The van der Waals surface area contributed by atoms with Gasteiger partial charge in [-0.25, -0.2) is 0 Å². The van der Waals surface area contributed by atoms with Crippen molar-refractivity contribution in [3.8, 4) is 0 Å². The van der Waals surface area contributed by atoms with E-state index >= 15 is 0 Å². The summed E-state index contributed by atoms with van der Waals surface area (Å²) in [6.45, 7) is 6.81. The Morgan fingerprint density at radius 3 is 2.45 bits per heavy atom. The Labute approximate surface area is 176 Å². The van der Waals surface area contributed by atoms with Crippen LogP contribution in [0.4, 0.5) is 0 Å². The van der Waals surface area contributed by atoms with Crippen molar-refractivity contribution in [2.75, 3.05) is 0 Å². The minimum atomic E-state index is -0.128. The molecule has 3 heteroatoms. The third-order valence-corrected chi connectivity index (χ3v) is 10.9. The zero-order valence-electron chi connectivity index (χ0n) is 18.6. The number of carbonyl (C=O) groups is 1. The molecule has 4 bridgehead atoms. The van der Waals surface area contributed by atoms with Gasteiger partial charge < -0.3 is 9.47 Å². The van der Waals surface area contributed by atoms with Crippen molar-refractivity contribution in [3.63, 3.8) is 0 Å². The van der Waals surface area contributed by atoms with Crippen LogP contribution in [0.3, 0.4) is 0 Å². The van der Waals surface area contributed by atoms with Gasteiger partial charge in [0.2, 0.25) is 0 Å². The molecule has 162 valence electrons. The molecule has 5 aliphatic carbocycles. The van der Waals surface area contributed by atoms with Gasteiger partial charge in [-0.2, -0.15) is 0 Å². The molecule has 12 unspecified atom stereocenters. The third kappa shape index (κ3) is 2.49. The minimum Gasteiger partial charge on any atom is -0.459 e. The molecular weight excluding hydrogens is 360 g/mol. The van der Waals surface area contributed by atoms with E-state index < -0.39 is 0 Å². The van der Waals surface area contributed by atoms with E-state index in [4.69, 9.17) is 9.47 Å². The SMILES string of the molecule is CCC1OC(CC)C2C3CC(CC3C(=O)OC3(CC)CC4CC3C3CCCC43)C12. The summed E-state index contributed by atoms with van der Waals surface area (Å²) in [4.78, 5) is 13.6. The molecule has 0 aromatic rings. The Morgan fingerprint density at radius 1 is 0.931 bits per heavy atom. The van der Waals surface area contributed by atoms with E-state index in [1.165, 1.54) is 32.1 Å². The average Bonchev–Trinajstić information content (AvgIpc) is 3.53. The van der Waals surface area contributed by atoms with Crippen molar-refractivity contribution in [3.05, 3.63) is 0 Å². The van der Waals surface area contributed by atoms with Gasteiger partial charge in [0, 0.05) is 5.92 Å². The molecule has 1 saturated heterocycles. The van der Waals surface area contributed by atoms with E-state index in [0.29, 0.717) is 41.8 Å². The molecule has 1 aliphatic heterocycles. The second-order valence-corrected chi connectivity index (χ2v) is 11.6. The van der Waals surface area contributed by atoms with Crippen LogP contribution in [0.25, 0.3) is 0 Å². The second-order valence-electron chi connectivity index (χ2n) is 11.6. The van der Waals surface area contributed by atoms with Gasteiger partial charge >= 0.3 is 5.97 Å². The van der Waals surface area contributed by atoms with Crippen LogP contribution in [0.15, 0.2) is 0 Å². The van der Waals surface area contributed by atoms with E-state index in [-0.39, 0.29) is 17.5 Å². The molecule has 6 fully saturated rings. The smallest absolute Gasteiger partial charge is 0.309 e. The predicted molar refractivity (Wildman–Crippen MR) is 112 cm³/mol. The van der Waals surface area contributed by atoms with Gasteiger partial charge in [0.15, 0.2) is 0 Å². The van der Waals surface area contributed by atoms with Crippen molar-refractivity contribution in [2.24, 2.45) is 53.3 Å². The van der Waals surface area contributed by atoms with E-state index in [9.17, 15) is 4.79 Å². The van der Waals surface area contributed by atoms with Gasteiger partial charge in [-0.1, -0.05) is 27.2 Å². The maximum Gasteiger partial charge on any atom is 0.309 e. The molecule has 6 rings (SSSR count). The van der Waals surface area contributed by atoms with Crippen molar-refractivity contribution >= 4 is 5.97 Å². The first-order valence-electron chi connectivity index (χ1n) is 13.0. The van der Waals surface area contributed by atoms with Crippen LogP contribution in [-0.2, 0) is 14.3 Å². The number of hydrogen-bond donors (Lipinski definition) is 0. The Kier molecular flexibility index (Phi) is 4.43. The van der Waals surface area contributed by atoms with Crippen LogP contribution in [-0.4, -0.2) is 23.8 Å². The maximum absolute atomic E-state index is 13.6. The number of carbonyl (C=O) groups excluding carboxylic acids is 1. The van der Waals surface area contributed by atoms with E-state index in [1.807, 2.05) is 0 Å². The molecule has 0 amide bonds. The Bertz CT molecular complexity index is 675. The monoisotopic (exact) mass is 400 g/mol. The summed E-state index contributed by atoms with van der Waals surface area (Å²) in [5.41, 5.74) is -0.128. The van der Waals surface area contributed by atoms with E-state index in [0.717, 1.165) is 49.9 Å². The zero-order valence-corrected chi connectivity index (χ0v) is 18.6. The van der Waals surface area contributed by atoms with Gasteiger partial charge in [-0.15, -0.1) is 0 Å². The first-order chi connectivity index (χ1) is 14.1. The highest BCUT2D eigenvalue weighted by molar-refractivity contribution is 5.74. The third-order valence-electron chi connectivity index (χ3n) is 10.9. The summed E-state index contributed by atoms with van der Waals surface area (Å²) >= 11 is 0. The summed E-state index contributed by atoms with van der Waals surface area (Å²) in [6, 6.07) is 0. The van der Waals surface area contributed by atoms with Crippen LogP contribution in [0, 0.1) is 53.3 Å². The lowest BCUT2D eigenvalue weighted by atomic mass is 9.70. The molecule has 12 atom stereocenters. The first-order valence-corrected chi connectivity index (χ1v) is 13.0. The maximum atomic E-state index is 13.6. The number of esters is 1. The van der Waals surface area contributed by atoms with E-state index in [1.54, 1.807) is 0 Å². The van der Waals surface area contributed by atoms with Crippen LogP contribution in [0.2, 0.25) is 0 Å². The normalized spacial score (nSPS) is 56.7. The predicted octanol–water partition coefficient (Wildman–Crippen LogP) is 5.61. The Balaban J connectivity index is 1.20. The molecule has 0 N–H and O–H groups in total. The van der Waals surface area contributed by atoms with Crippen LogP contribution >= 0.6 is 0 Å². The fraction of sp³-hybridized carbons (Fsp3) is 0.962. The van der Waals surface area contributed by atoms with Crippen molar-refractivity contribution in [2.45, 2.75) is 103 Å². The molecular formula is C26H40O3. The molecule has 5 saturated carbocycles. The summed E-state index contributed by atoms with van der Waals surface area (Å²) < 4.78 is 13.1. The molecule has 0 spiro atoms. The number of ether oxygens (including phenoxy) is 2. The van der Waals surface area contributed by atoms with E-state index in [2.05, 4.69) is 20.8 Å². The molecule has 0 radical (unpaired) electrons. The fourth-order valence-corrected chi connectivity index (χ4v) is 10.0. The number of fused-ring (bicyclic) bond motifs is 10. The Hall–Kier alpha value is -0.570. The van der Waals surface area contributed by atoms with Gasteiger partial charge in [-0.3, -0.25) is 4.79 Å². The van der Waals surface area contributed by atoms with Gasteiger partial charge in [-0.05, 0) is 99.2 Å². The lowest BCUT2D eigenvalue weighted by Crippen LogP contribution is -2.47. The first kappa shape index (κ1) is 19.1. The van der Waals surface area contributed by atoms with Crippen LogP contribution < -0.4 is 0 Å². The number of hydrogen-bond acceptors (Lipinski definition) is 3. The van der Waals surface area contributed by atoms with Crippen molar-refractivity contribution < 1.29 is 14.3 Å². The lowest BCUT2D eigenvalue weighted by molar-refractivity contribution is -0.178. The molecule has 0 aromatic carbocycles. The lowest BCUT2D eigenvalue weighted by Gasteiger charge is -2.43. The summed E-state index contributed by atoms with van der Waals surface area (Å²) in [5, 5.41) is 0. The molecule has 29 heavy (non-hydrogen) atoms. The summed E-state index contributed by atoms with van der Waals surface area (Å²) in [5.74, 6) is 6.15. The molecule has 3 nitrogen and oxygen atoms in total. The van der Waals surface area contributed by atoms with Gasteiger partial charge in [0.05, 0.1) is 18.1 Å². The second kappa shape index (κ2) is 6.71. The molecule has 1 heterocycles. The highest BCUT2D eigenvalue weighted by atomic mass is 16.6. The average molecular weight is 401 g/mol. The quantitative estimate of drug-likeness (QED) is 0.563. The van der Waals surface area contributed by atoms with Gasteiger partial charge in [0.1, 0.15) is 5.60 Å². The zero-order chi connectivity index (χ0) is 19.9. The van der Waals surface area contributed by atoms with Crippen LogP contribution in [0.1, 0.15) is 85.0 Å². The summed E-state index contributed by atoms with van der Waals surface area (Å²) in [6.07, 6.45) is 13.1. The van der Waals surface area contributed by atoms with Crippen molar-refractivity contribution in [1.82, 2.24) is 0 Å². The van der Waals surface area contributed by atoms with Crippen LogP contribution in [0.5, 0.6) is 0 Å². The van der Waals surface area contributed by atoms with Gasteiger partial charge in [0.25, 0.3) is 0 Å². The minimum absolute atomic E-state index is 0.128. The topological polar surface area (TPSA) is 35.5 Å². The Morgan fingerprint density at radius 2 is 1.69 bits per heavy atom. The highest BCUT2D eigenvalue weighted by Gasteiger charge is 2.65. The van der Waals surface area contributed by atoms with Crippen molar-refractivity contribution in [1.29, 1.82) is 0 Å².